The number of thiazole rings is 1. The Bertz CT molecular complexity index is 1280. The highest BCUT2D eigenvalue weighted by Crippen LogP contribution is 2.28. The number of piperidine rings is 1. The van der Waals surface area contributed by atoms with Crippen molar-refractivity contribution in [3.05, 3.63) is 63.3 Å². The van der Waals surface area contributed by atoms with E-state index >= 15 is 0 Å². The van der Waals surface area contributed by atoms with Crippen LogP contribution in [0.5, 0.6) is 0 Å². The monoisotopic (exact) mass is 489 g/mol. The minimum atomic E-state index is -0.720. The summed E-state index contributed by atoms with van der Waals surface area (Å²) < 4.78 is 6.72. The van der Waals surface area contributed by atoms with Gasteiger partial charge in [-0.3, -0.25) is 4.79 Å². The number of benzene rings is 2. The number of nitrogens with one attached hydrogen (secondary N) is 1. The topological polar surface area (TPSA) is 78.6 Å². The molecule has 1 aliphatic rings. The van der Waals surface area contributed by atoms with Crippen molar-refractivity contribution in [1.29, 1.82) is 0 Å². The van der Waals surface area contributed by atoms with Crippen molar-refractivity contribution in [3.63, 3.8) is 0 Å². The molecular weight excluding hydrogens is 469 g/mol. The molecular formula is C23H21Cl2N3O3S. The van der Waals surface area contributed by atoms with Crippen LogP contribution in [0.2, 0.25) is 10.0 Å². The number of carbonyl (C=O) groups excluding carboxylic acids is 1. The van der Waals surface area contributed by atoms with E-state index in [1.54, 1.807) is 24.3 Å². The number of halogens is 2. The molecule has 2 N–H and O–H groups in total. The second-order valence-corrected chi connectivity index (χ2v) is 9.93. The average Bonchev–Trinajstić information content (AvgIpc) is 3.38. The lowest BCUT2D eigenvalue weighted by molar-refractivity contribution is 0.0755. The fourth-order valence-corrected chi connectivity index (χ4v) is 5.21. The smallest absolute Gasteiger partial charge is 0.280 e. The summed E-state index contributed by atoms with van der Waals surface area (Å²) in [7, 11) is 0. The number of aliphatic hydroxyl groups is 1. The molecule has 4 aromatic rings. The van der Waals surface area contributed by atoms with Gasteiger partial charge < -0.3 is 19.7 Å². The number of nitrogens with zero attached hydrogens (tertiary/aromatic N) is 2. The Kier molecular flexibility index (Phi) is 6.09. The Balaban J connectivity index is 1.15. The number of hydrogen-bond acceptors (Lipinski definition) is 6. The van der Waals surface area contributed by atoms with Crippen molar-refractivity contribution in [1.82, 2.24) is 15.2 Å². The number of aliphatic hydroxyl groups excluding tert-OH is 1. The molecule has 6 nitrogen and oxygen atoms in total. The van der Waals surface area contributed by atoms with Crippen molar-refractivity contribution in [2.75, 3.05) is 19.6 Å². The van der Waals surface area contributed by atoms with Crippen LogP contribution in [0.3, 0.4) is 0 Å². The molecule has 1 fully saturated rings. The third-order valence-electron chi connectivity index (χ3n) is 5.73. The lowest BCUT2D eigenvalue weighted by Gasteiger charge is -2.33. The molecule has 0 bridgehead atoms. The minimum Gasteiger partial charge on any atom is -0.458 e. The van der Waals surface area contributed by atoms with Crippen LogP contribution < -0.4 is 5.32 Å². The predicted octanol–water partition coefficient (Wildman–Crippen LogP) is 5.28. The molecule has 5 rings (SSSR count). The second kappa shape index (κ2) is 9.00. The van der Waals surface area contributed by atoms with Gasteiger partial charge in [0, 0.05) is 47.2 Å². The predicted molar refractivity (Wildman–Crippen MR) is 128 cm³/mol. The second-order valence-electron chi connectivity index (χ2n) is 8.03. The number of β-amino-alcohol motifs (C(OH)–C–C–N with tert-alkyl or cyclic N) is 1. The molecule has 1 amide bonds. The Morgan fingerprint density at radius 3 is 2.75 bits per heavy atom. The summed E-state index contributed by atoms with van der Waals surface area (Å²) in [5.74, 6) is 0.385. The Morgan fingerprint density at radius 2 is 1.94 bits per heavy atom. The zero-order valence-electron chi connectivity index (χ0n) is 17.1. The summed E-state index contributed by atoms with van der Waals surface area (Å²) in [5, 5.41) is 16.3. The fraction of sp³-hybridized carbons (Fsp3) is 0.304. The fourth-order valence-electron chi connectivity index (χ4n) is 4.03. The highest BCUT2D eigenvalue weighted by atomic mass is 35.5. The highest BCUT2D eigenvalue weighted by molar-refractivity contribution is 7.20. The molecule has 2 aromatic carbocycles. The van der Waals surface area contributed by atoms with Crippen LogP contribution in [0.15, 0.2) is 46.9 Å². The van der Waals surface area contributed by atoms with Gasteiger partial charge >= 0.3 is 0 Å². The highest BCUT2D eigenvalue weighted by Gasteiger charge is 2.25. The number of aromatic nitrogens is 1. The molecule has 166 valence electrons. The normalized spacial score (nSPS) is 16.6. The van der Waals surface area contributed by atoms with Gasteiger partial charge in [0.2, 0.25) is 0 Å². The quantitative estimate of drug-likeness (QED) is 0.398. The summed E-state index contributed by atoms with van der Waals surface area (Å²) in [4.78, 5) is 19.2. The maximum Gasteiger partial charge on any atom is 0.280 e. The van der Waals surface area contributed by atoms with E-state index in [2.05, 4.69) is 15.2 Å². The molecule has 9 heteroatoms. The van der Waals surface area contributed by atoms with Crippen molar-refractivity contribution < 1.29 is 14.3 Å². The van der Waals surface area contributed by atoms with Gasteiger partial charge in [0.15, 0.2) is 5.01 Å². The number of likely N-dealkylation sites (tertiary alicyclic amines) is 1. The molecule has 1 atom stereocenters. The van der Waals surface area contributed by atoms with Crippen molar-refractivity contribution in [2.24, 2.45) is 0 Å². The number of amides is 1. The summed E-state index contributed by atoms with van der Waals surface area (Å²) >= 11 is 13.4. The molecule has 2 aromatic heterocycles. The lowest BCUT2D eigenvalue weighted by Crippen LogP contribution is -2.45. The van der Waals surface area contributed by atoms with Gasteiger partial charge in [-0.15, -0.1) is 11.3 Å². The molecule has 0 saturated carbocycles. The van der Waals surface area contributed by atoms with Gasteiger partial charge in [-0.2, -0.15) is 0 Å². The van der Waals surface area contributed by atoms with Crippen LogP contribution in [0, 0.1) is 0 Å². The van der Waals surface area contributed by atoms with Crippen LogP contribution in [0.1, 0.15) is 34.5 Å². The zero-order chi connectivity index (χ0) is 22.2. The molecule has 0 aliphatic carbocycles. The molecule has 1 saturated heterocycles. The van der Waals surface area contributed by atoms with E-state index in [9.17, 15) is 9.90 Å². The molecule has 0 spiro atoms. The lowest BCUT2D eigenvalue weighted by atomic mass is 10.0. The van der Waals surface area contributed by atoms with E-state index in [-0.39, 0.29) is 11.9 Å². The number of fused-ring (bicyclic) bond motifs is 2. The third kappa shape index (κ3) is 4.63. The first kappa shape index (κ1) is 21.7. The van der Waals surface area contributed by atoms with E-state index in [1.165, 1.54) is 11.3 Å². The van der Waals surface area contributed by atoms with Crippen LogP contribution in [0.4, 0.5) is 0 Å². The first-order valence-corrected chi connectivity index (χ1v) is 12.0. The zero-order valence-corrected chi connectivity index (χ0v) is 19.4. The van der Waals surface area contributed by atoms with Crippen LogP contribution >= 0.6 is 34.5 Å². The molecule has 0 radical (unpaired) electrons. The molecule has 32 heavy (non-hydrogen) atoms. The largest absolute Gasteiger partial charge is 0.458 e. The van der Waals surface area contributed by atoms with Crippen molar-refractivity contribution >= 4 is 61.6 Å². The van der Waals surface area contributed by atoms with Crippen LogP contribution in [-0.2, 0) is 0 Å². The van der Waals surface area contributed by atoms with Gasteiger partial charge in [0.25, 0.3) is 5.91 Å². The van der Waals surface area contributed by atoms with E-state index in [0.717, 1.165) is 41.5 Å². The average molecular weight is 490 g/mol. The number of rotatable bonds is 5. The Labute approximate surface area is 198 Å². The number of hydrogen-bond donors (Lipinski definition) is 2. The van der Waals surface area contributed by atoms with Gasteiger partial charge in [-0.25, -0.2) is 4.98 Å². The number of carbonyl (C=O) groups is 1. The van der Waals surface area contributed by atoms with E-state index < -0.39 is 6.10 Å². The summed E-state index contributed by atoms with van der Waals surface area (Å²) in [5.41, 5.74) is 1.41. The Morgan fingerprint density at radius 1 is 1.19 bits per heavy atom. The first-order chi connectivity index (χ1) is 15.4. The standard InChI is InChI=1S/C23H21Cl2N3O3S/c24-14-3-4-21-17(10-14)27-23(32-21)22(30)26-16-5-7-28(8-6-16)12-18(29)20-9-13-1-2-15(25)11-19(13)31-20/h1-4,9-11,16,18,29H,5-8,12H2,(H,26,30). The van der Waals surface area contributed by atoms with E-state index in [1.807, 2.05) is 18.2 Å². The SMILES string of the molecule is O=C(NC1CCN(CC(O)c2cc3ccc(Cl)cc3o2)CC1)c1nc2cc(Cl)ccc2s1. The van der Waals surface area contributed by atoms with Crippen LogP contribution in [-0.4, -0.2) is 46.6 Å². The first-order valence-electron chi connectivity index (χ1n) is 10.4. The van der Waals surface area contributed by atoms with E-state index in [4.69, 9.17) is 27.6 Å². The Hall–Kier alpha value is -2.16. The third-order valence-corrected chi connectivity index (χ3v) is 7.23. The van der Waals surface area contributed by atoms with Gasteiger partial charge in [0.1, 0.15) is 17.4 Å². The van der Waals surface area contributed by atoms with Gasteiger partial charge in [0.05, 0.1) is 10.2 Å². The minimum absolute atomic E-state index is 0.0832. The summed E-state index contributed by atoms with van der Waals surface area (Å²) in [6.07, 6.45) is 0.900. The number of furan rings is 1. The maximum atomic E-state index is 12.6. The summed E-state index contributed by atoms with van der Waals surface area (Å²) in [6.45, 7) is 2.04. The van der Waals surface area contributed by atoms with Gasteiger partial charge in [-0.05, 0) is 49.2 Å². The van der Waals surface area contributed by atoms with E-state index in [0.29, 0.717) is 32.9 Å². The van der Waals surface area contributed by atoms with Crippen molar-refractivity contribution in [2.45, 2.75) is 25.0 Å². The molecule has 3 heterocycles. The molecule has 1 unspecified atom stereocenters. The van der Waals surface area contributed by atoms with Gasteiger partial charge in [-0.1, -0.05) is 23.2 Å². The summed E-state index contributed by atoms with van der Waals surface area (Å²) in [6, 6.07) is 12.8. The molecule has 1 aliphatic heterocycles. The van der Waals surface area contributed by atoms with Crippen molar-refractivity contribution in [3.8, 4) is 0 Å². The maximum absolute atomic E-state index is 12.6. The van der Waals surface area contributed by atoms with Crippen LogP contribution in [0.25, 0.3) is 21.2 Å².